The fourth-order valence-corrected chi connectivity index (χ4v) is 2.17. The van der Waals surface area contributed by atoms with Crippen LogP contribution in [0.2, 0.25) is 0 Å². The zero-order chi connectivity index (χ0) is 13.0. The van der Waals surface area contributed by atoms with E-state index in [-0.39, 0.29) is 12.3 Å². The van der Waals surface area contributed by atoms with Gasteiger partial charge in [0.2, 0.25) is 0 Å². The molecule has 0 aromatic heterocycles. The Kier molecular flexibility index (Phi) is 3.94. The van der Waals surface area contributed by atoms with Crippen molar-refractivity contribution in [2.24, 2.45) is 0 Å². The largest absolute Gasteiger partial charge is 0.391 e. The summed E-state index contributed by atoms with van der Waals surface area (Å²) in [6, 6.07) is 5.00. The molecule has 0 saturated carbocycles. The van der Waals surface area contributed by atoms with Gasteiger partial charge in [-0.3, -0.25) is 10.1 Å². The van der Waals surface area contributed by atoms with Gasteiger partial charge in [0.15, 0.2) is 0 Å². The van der Waals surface area contributed by atoms with Crippen molar-refractivity contribution in [1.82, 2.24) is 4.90 Å². The lowest BCUT2D eigenvalue weighted by Gasteiger charge is -2.10. The zero-order valence-corrected chi connectivity index (χ0v) is 10.1. The third-order valence-electron chi connectivity index (χ3n) is 3.11. The Hall–Kier alpha value is -1.88. The molecule has 1 N–H and O–H groups in total. The molecule has 1 aliphatic rings. The summed E-state index contributed by atoms with van der Waals surface area (Å²) in [5, 5.41) is 20.2. The Morgan fingerprint density at radius 1 is 1.39 bits per heavy atom. The van der Waals surface area contributed by atoms with Crippen LogP contribution in [0.25, 0.3) is 6.08 Å². The summed E-state index contributed by atoms with van der Waals surface area (Å²) in [7, 11) is 0. The molecule has 18 heavy (non-hydrogen) atoms. The maximum atomic E-state index is 11.0. The number of aliphatic hydroxyl groups is 1. The van der Waals surface area contributed by atoms with E-state index in [4.69, 9.17) is 5.11 Å². The van der Waals surface area contributed by atoms with Gasteiger partial charge in [-0.05, 0) is 37.3 Å². The number of likely N-dealkylation sites (tertiary alicyclic amines) is 1. The molecule has 1 aliphatic heterocycles. The van der Waals surface area contributed by atoms with E-state index in [2.05, 4.69) is 4.90 Å². The highest BCUT2D eigenvalue weighted by molar-refractivity contribution is 5.63. The molecular formula is C13H16N2O3. The number of nitro benzene ring substituents is 1. The lowest BCUT2D eigenvalue weighted by Crippen LogP contribution is -2.10. The molecule has 0 spiro atoms. The van der Waals surface area contributed by atoms with Crippen molar-refractivity contribution in [2.75, 3.05) is 13.1 Å². The van der Waals surface area contributed by atoms with E-state index in [0.29, 0.717) is 11.1 Å². The minimum Gasteiger partial charge on any atom is -0.391 e. The van der Waals surface area contributed by atoms with Gasteiger partial charge in [0.25, 0.3) is 5.69 Å². The Morgan fingerprint density at radius 2 is 2.11 bits per heavy atom. The maximum absolute atomic E-state index is 11.0. The third-order valence-corrected chi connectivity index (χ3v) is 3.11. The molecule has 0 unspecified atom stereocenters. The van der Waals surface area contributed by atoms with Gasteiger partial charge in [0.1, 0.15) is 0 Å². The molecule has 0 radical (unpaired) electrons. The van der Waals surface area contributed by atoms with Crippen LogP contribution < -0.4 is 0 Å². The first kappa shape index (κ1) is 12.6. The maximum Gasteiger partial charge on any atom is 0.282 e. The van der Waals surface area contributed by atoms with Gasteiger partial charge in [-0.25, -0.2) is 0 Å². The smallest absolute Gasteiger partial charge is 0.282 e. The Balaban J connectivity index is 2.28. The molecule has 2 rings (SSSR count). The average molecular weight is 248 g/mol. The molecule has 0 bridgehead atoms. The van der Waals surface area contributed by atoms with Crippen molar-refractivity contribution in [1.29, 1.82) is 0 Å². The van der Waals surface area contributed by atoms with E-state index in [1.807, 2.05) is 6.20 Å². The first-order valence-corrected chi connectivity index (χ1v) is 6.02. The second kappa shape index (κ2) is 5.64. The van der Waals surface area contributed by atoms with Crippen LogP contribution in [-0.2, 0) is 6.61 Å². The lowest BCUT2D eigenvalue weighted by molar-refractivity contribution is -0.386. The summed E-state index contributed by atoms with van der Waals surface area (Å²) in [6.45, 7) is 1.69. The number of benzene rings is 1. The lowest BCUT2D eigenvalue weighted by atomic mass is 10.1. The second-order valence-corrected chi connectivity index (χ2v) is 4.33. The molecule has 1 fully saturated rings. The minimum absolute atomic E-state index is 0.00422. The van der Waals surface area contributed by atoms with Gasteiger partial charge in [-0.15, -0.1) is 0 Å². The van der Waals surface area contributed by atoms with Gasteiger partial charge >= 0.3 is 0 Å². The van der Waals surface area contributed by atoms with Crippen LogP contribution in [0.1, 0.15) is 24.0 Å². The van der Waals surface area contributed by atoms with E-state index in [9.17, 15) is 10.1 Å². The molecule has 0 atom stereocenters. The van der Waals surface area contributed by atoms with E-state index in [1.54, 1.807) is 24.3 Å². The quantitative estimate of drug-likeness (QED) is 0.655. The fraction of sp³-hybridized carbons (Fsp3) is 0.385. The highest BCUT2D eigenvalue weighted by atomic mass is 16.6. The summed E-state index contributed by atoms with van der Waals surface area (Å²) in [4.78, 5) is 12.8. The van der Waals surface area contributed by atoms with Crippen LogP contribution in [0.15, 0.2) is 24.4 Å². The number of hydrogen-bond acceptors (Lipinski definition) is 4. The van der Waals surface area contributed by atoms with Crippen molar-refractivity contribution in [2.45, 2.75) is 19.4 Å². The third kappa shape index (κ3) is 2.68. The molecule has 5 nitrogen and oxygen atoms in total. The van der Waals surface area contributed by atoms with Crippen molar-refractivity contribution >= 4 is 11.8 Å². The van der Waals surface area contributed by atoms with Crippen LogP contribution in [0.3, 0.4) is 0 Å². The molecule has 1 aromatic carbocycles. The van der Waals surface area contributed by atoms with E-state index < -0.39 is 4.92 Å². The Morgan fingerprint density at radius 3 is 2.72 bits per heavy atom. The van der Waals surface area contributed by atoms with Crippen molar-refractivity contribution in [3.63, 3.8) is 0 Å². The van der Waals surface area contributed by atoms with Crippen molar-refractivity contribution < 1.29 is 10.0 Å². The monoisotopic (exact) mass is 248 g/mol. The average Bonchev–Trinajstić information content (AvgIpc) is 2.88. The Bertz CT molecular complexity index is 465. The molecule has 1 aromatic rings. The number of nitro groups is 1. The van der Waals surface area contributed by atoms with Crippen LogP contribution in [0, 0.1) is 10.1 Å². The first-order chi connectivity index (χ1) is 8.72. The summed E-state index contributed by atoms with van der Waals surface area (Å²) >= 11 is 0. The van der Waals surface area contributed by atoms with Crippen LogP contribution in [-0.4, -0.2) is 28.0 Å². The number of nitrogens with zero attached hydrogens (tertiary/aromatic N) is 2. The number of hydrogen-bond donors (Lipinski definition) is 1. The fourth-order valence-electron chi connectivity index (χ4n) is 2.17. The molecule has 5 heteroatoms. The molecule has 0 aliphatic carbocycles. The van der Waals surface area contributed by atoms with Gasteiger partial charge < -0.3 is 10.0 Å². The first-order valence-electron chi connectivity index (χ1n) is 6.02. The summed E-state index contributed by atoms with van der Waals surface area (Å²) < 4.78 is 0. The molecule has 1 saturated heterocycles. The SMILES string of the molecule is O=[N+]([O-])c1c(/C=C/N2CCCC2)cccc1CO. The molecular weight excluding hydrogens is 232 g/mol. The standard InChI is InChI=1S/C13H16N2O3/c16-10-12-5-3-4-11(13(12)15(17)18)6-9-14-7-1-2-8-14/h3-6,9,16H,1-2,7-8,10H2/b9-6+. The predicted octanol–water partition coefficient (Wildman–Crippen LogP) is 2.15. The Labute approximate surface area is 105 Å². The van der Waals surface area contributed by atoms with Gasteiger partial charge in [-0.2, -0.15) is 0 Å². The second-order valence-electron chi connectivity index (χ2n) is 4.33. The van der Waals surface area contributed by atoms with E-state index in [1.165, 1.54) is 12.8 Å². The zero-order valence-electron chi connectivity index (χ0n) is 10.1. The number of rotatable bonds is 4. The predicted molar refractivity (Wildman–Crippen MR) is 68.9 cm³/mol. The molecule has 0 amide bonds. The van der Waals surface area contributed by atoms with Crippen molar-refractivity contribution in [3.8, 4) is 0 Å². The minimum atomic E-state index is -0.435. The van der Waals surface area contributed by atoms with Crippen LogP contribution in [0.5, 0.6) is 0 Å². The van der Waals surface area contributed by atoms with Crippen LogP contribution in [0.4, 0.5) is 5.69 Å². The van der Waals surface area contributed by atoms with Gasteiger partial charge in [0, 0.05) is 13.1 Å². The topological polar surface area (TPSA) is 66.6 Å². The highest BCUT2D eigenvalue weighted by Gasteiger charge is 2.17. The number of aliphatic hydroxyl groups excluding tert-OH is 1. The summed E-state index contributed by atoms with van der Waals surface area (Å²) in [6.07, 6.45) is 5.99. The highest BCUT2D eigenvalue weighted by Crippen LogP contribution is 2.25. The van der Waals surface area contributed by atoms with Gasteiger partial charge in [0.05, 0.1) is 22.7 Å². The summed E-state index contributed by atoms with van der Waals surface area (Å²) in [5.41, 5.74) is 0.887. The normalized spacial score (nSPS) is 15.5. The van der Waals surface area contributed by atoms with E-state index >= 15 is 0 Å². The molecule has 1 heterocycles. The van der Waals surface area contributed by atoms with Crippen LogP contribution >= 0.6 is 0 Å². The van der Waals surface area contributed by atoms with Crippen molar-refractivity contribution in [3.05, 3.63) is 45.6 Å². The van der Waals surface area contributed by atoms with Gasteiger partial charge in [-0.1, -0.05) is 6.07 Å². The summed E-state index contributed by atoms with van der Waals surface area (Å²) in [5.74, 6) is 0. The number of para-hydroxylation sites is 1. The molecule has 96 valence electrons. The van der Waals surface area contributed by atoms with E-state index in [0.717, 1.165) is 13.1 Å².